The van der Waals surface area contributed by atoms with E-state index in [4.69, 9.17) is 0 Å². The molecular formula is C12H16F2S. The van der Waals surface area contributed by atoms with E-state index in [1.807, 2.05) is 6.07 Å². The van der Waals surface area contributed by atoms with Crippen LogP contribution in [0.2, 0.25) is 0 Å². The molecule has 0 bridgehead atoms. The van der Waals surface area contributed by atoms with Gasteiger partial charge in [0.15, 0.2) is 0 Å². The third-order valence-corrected chi connectivity index (χ3v) is 4.51. The molecule has 0 saturated heterocycles. The lowest BCUT2D eigenvalue weighted by Gasteiger charge is -2.12. The zero-order valence-corrected chi connectivity index (χ0v) is 9.96. The van der Waals surface area contributed by atoms with E-state index in [0.717, 1.165) is 23.3 Å². The maximum absolute atomic E-state index is 13.7. The summed E-state index contributed by atoms with van der Waals surface area (Å²) < 4.78 is 27.5. The third-order valence-electron chi connectivity index (χ3n) is 2.92. The van der Waals surface area contributed by atoms with E-state index in [-0.39, 0.29) is 6.42 Å². The predicted octanol–water partition coefficient (Wildman–Crippen LogP) is 4.69. The standard InChI is InChI=1S/C12H16F2S/c1-8(2)10-7-9-5-3-4-6-12(13,14)11(9)15-10/h7-8H,3-6H2,1-2H3. The van der Waals surface area contributed by atoms with Crippen molar-refractivity contribution in [2.45, 2.75) is 51.4 Å². The molecule has 0 amide bonds. The van der Waals surface area contributed by atoms with Crippen LogP contribution in [-0.2, 0) is 12.3 Å². The fourth-order valence-corrected chi connectivity index (χ4v) is 3.22. The molecule has 1 heterocycles. The summed E-state index contributed by atoms with van der Waals surface area (Å²) in [5, 5.41) is 0. The van der Waals surface area contributed by atoms with Crippen molar-refractivity contribution in [2.75, 3.05) is 0 Å². The fraction of sp³-hybridized carbons (Fsp3) is 0.667. The molecule has 15 heavy (non-hydrogen) atoms. The van der Waals surface area contributed by atoms with E-state index < -0.39 is 5.92 Å². The minimum atomic E-state index is -2.58. The molecule has 1 aliphatic rings. The van der Waals surface area contributed by atoms with Gasteiger partial charge in [0.25, 0.3) is 5.92 Å². The molecule has 0 radical (unpaired) electrons. The summed E-state index contributed by atoms with van der Waals surface area (Å²) in [4.78, 5) is 1.44. The molecule has 0 N–H and O–H groups in total. The fourth-order valence-electron chi connectivity index (χ4n) is 2.01. The molecule has 0 atom stereocenters. The number of hydrogen-bond acceptors (Lipinski definition) is 1. The smallest absolute Gasteiger partial charge is 0.200 e. The van der Waals surface area contributed by atoms with E-state index in [0.29, 0.717) is 17.2 Å². The van der Waals surface area contributed by atoms with Gasteiger partial charge in [-0.1, -0.05) is 13.8 Å². The molecule has 1 aromatic heterocycles. The van der Waals surface area contributed by atoms with Crippen LogP contribution in [-0.4, -0.2) is 0 Å². The van der Waals surface area contributed by atoms with E-state index >= 15 is 0 Å². The lowest BCUT2D eigenvalue weighted by atomic mass is 10.1. The summed E-state index contributed by atoms with van der Waals surface area (Å²) in [6.45, 7) is 4.12. The van der Waals surface area contributed by atoms with E-state index in [2.05, 4.69) is 13.8 Å². The van der Waals surface area contributed by atoms with E-state index in [1.165, 1.54) is 11.3 Å². The molecule has 0 fully saturated rings. The zero-order chi connectivity index (χ0) is 11.1. The van der Waals surface area contributed by atoms with Crippen LogP contribution in [0.25, 0.3) is 0 Å². The number of halogens is 2. The van der Waals surface area contributed by atoms with Gasteiger partial charge in [0.05, 0.1) is 4.88 Å². The average Bonchev–Trinajstić information content (AvgIpc) is 2.52. The van der Waals surface area contributed by atoms with Crippen molar-refractivity contribution in [3.8, 4) is 0 Å². The van der Waals surface area contributed by atoms with Crippen molar-refractivity contribution in [3.63, 3.8) is 0 Å². The van der Waals surface area contributed by atoms with Gasteiger partial charge in [-0.3, -0.25) is 0 Å². The number of aryl methyl sites for hydroxylation is 1. The van der Waals surface area contributed by atoms with E-state index in [9.17, 15) is 8.78 Å². The Kier molecular flexibility index (Phi) is 2.84. The summed E-state index contributed by atoms with van der Waals surface area (Å²) >= 11 is 1.31. The van der Waals surface area contributed by atoms with Gasteiger partial charge in [-0.15, -0.1) is 11.3 Å². The topological polar surface area (TPSA) is 0 Å². The molecule has 1 aromatic rings. The first-order valence-electron chi connectivity index (χ1n) is 5.51. The van der Waals surface area contributed by atoms with Crippen molar-refractivity contribution in [2.24, 2.45) is 0 Å². The molecule has 0 aromatic carbocycles. The Hall–Kier alpha value is -0.440. The molecule has 84 valence electrons. The van der Waals surface area contributed by atoms with Crippen LogP contribution in [0.1, 0.15) is 54.3 Å². The Balaban J connectivity index is 2.43. The molecule has 0 nitrogen and oxygen atoms in total. The van der Waals surface area contributed by atoms with Crippen molar-refractivity contribution < 1.29 is 8.78 Å². The maximum atomic E-state index is 13.7. The predicted molar refractivity (Wildman–Crippen MR) is 59.9 cm³/mol. The highest BCUT2D eigenvalue weighted by molar-refractivity contribution is 7.12. The monoisotopic (exact) mass is 230 g/mol. The Morgan fingerprint density at radius 1 is 1.33 bits per heavy atom. The molecule has 0 saturated carbocycles. The summed E-state index contributed by atoms with van der Waals surface area (Å²) in [7, 11) is 0. The molecule has 0 aliphatic heterocycles. The van der Waals surface area contributed by atoms with Crippen molar-refractivity contribution in [3.05, 3.63) is 21.4 Å². The molecule has 3 heteroatoms. The number of alkyl halides is 2. The first-order valence-corrected chi connectivity index (χ1v) is 6.33. The third kappa shape index (κ3) is 2.07. The SMILES string of the molecule is CC(C)c1cc2c(s1)C(F)(F)CCCC2. The second-order valence-electron chi connectivity index (χ2n) is 4.57. The highest BCUT2D eigenvalue weighted by Gasteiger charge is 2.37. The van der Waals surface area contributed by atoms with Crippen molar-refractivity contribution >= 4 is 11.3 Å². The summed E-state index contributed by atoms with van der Waals surface area (Å²) in [6.07, 6.45) is 2.40. The van der Waals surface area contributed by atoms with Crippen LogP contribution in [0.5, 0.6) is 0 Å². The Labute approximate surface area is 93.3 Å². The molecule has 0 spiro atoms. The summed E-state index contributed by atoms with van der Waals surface area (Å²) in [5.74, 6) is -2.22. The number of hydrogen-bond donors (Lipinski definition) is 0. The van der Waals surface area contributed by atoms with Gasteiger partial charge in [-0.2, -0.15) is 0 Å². The van der Waals surface area contributed by atoms with Crippen LogP contribution in [0.15, 0.2) is 6.07 Å². The van der Waals surface area contributed by atoms with Crippen LogP contribution in [0, 0.1) is 0 Å². The minimum absolute atomic E-state index is 0.0258. The molecule has 2 rings (SSSR count). The number of thiophene rings is 1. The van der Waals surface area contributed by atoms with Crippen LogP contribution >= 0.6 is 11.3 Å². The molecule has 0 unspecified atom stereocenters. The summed E-state index contributed by atoms with van der Waals surface area (Å²) in [5.41, 5.74) is 0.895. The average molecular weight is 230 g/mol. The molecule has 1 aliphatic carbocycles. The minimum Gasteiger partial charge on any atom is -0.200 e. The quantitative estimate of drug-likeness (QED) is 0.614. The van der Waals surface area contributed by atoms with Gasteiger partial charge < -0.3 is 0 Å². The van der Waals surface area contributed by atoms with Gasteiger partial charge in [-0.05, 0) is 36.8 Å². The Morgan fingerprint density at radius 2 is 2.07 bits per heavy atom. The lowest BCUT2D eigenvalue weighted by Crippen LogP contribution is -2.10. The van der Waals surface area contributed by atoms with Gasteiger partial charge in [0.2, 0.25) is 0 Å². The Morgan fingerprint density at radius 3 is 2.73 bits per heavy atom. The zero-order valence-electron chi connectivity index (χ0n) is 9.15. The number of fused-ring (bicyclic) bond motifs is 1. The second-order valence-corrected chi connectivity index (χ2v) is 5.65. The van der Waals surface area contributed by atoms with Crippen LogP contribution in [0.4, 0.5) is 8.78 Å². The first kappa shape index (κ1) is 11.1. The van der Waals surface area contributed by atoms with Gasteiger partial charge in [0.1, 0.15) is 0 Å². The number of rotatable bonds is 1. The van der Waals surface area contributed by atoms with E-state index in [1.54, 1.807) is 0 Å². The largest absolute Gasteiger partial charge is 0.282 e. The highest BCUT2D eigenvalue weighted by atomic mass is 32.1. The normalized spacial score (nSPS) is 20.1. The second kappa shape index (κ2) is 3.85. The van der Waals surface area contributed by atoms with Crippen LogP contribution < -0.4 is 0 Å². The lowest BCUT2D eigenvalue weighted by molar-refractivity contribution is -0.00988. The van der Waals surface area contributed by atoms with Gasteiger partial charge in [0, 0.05) is 11.3 Å². The Bertz CT molecular complexity index is 353. The maximum Gasteiger partial charge on any atom is 0.282 e. The highest BCUT2D eigenvalue weighted by Crippen LogP contribution is 2.44. The summed E-state index contributed by atoms with van der Waals surface area (Å²) in [6, 6.07) is 1.99. The van der Waals surface area contributed by atoms with Gasteiger partial charge >= 0.3 is 0 Å². The van der Waals surface area contributed by atoms with Crippen molar-refractivity contribution in [1.29, 1.82) is 0 Å². The van der Waals surface area contributed by atoms with Gasteiger partial charge in [-0.25, -0.2) is 8.78 Å². The van der Waals surface area contributed by atoms with Crippen LogP contribution in [0.3, 0.4) is 0 Å². The van der Waals surface area contributed by atoms with Crippen molar-refractivity contribution in [1.82, 2.24) is 0 Å². The first-order chi connectivity index (χ1) is 7.00. The molecular weight excluding hydrogens is 214 g/mol.